The molecule has 6 nitrogen and oxygen atoms in total. The third-order valence-corrected chi connectivity index (χ3v) is 7.52. The van der Waals surface area contributed by atoms with Crippen LogP contribution in [0.3, 0.4) is 0 Å². The van der Waals surface area contributed by atoms with Crippen LogP contribution in [0.15, 0.2) is 24.8 Å². The van der Waals surface area contributed by atoms with Crippen molar-refractivity contribution in [2.24, 2.45) is 5.92 Å². The molecule has 6 heteroatoms. The number of fused-ring (bicyclic) bond motifs is 1. The van der Waals surface area contributed by atoms with E-state index in [-0.39, 0.29) is 0 Å². The standard InChI is InChI=1S/C25H44N4O2/c1-3-22(2)19-28-14-9-23(10-15-28)8-13-27(16-11-26-21-30)17-18-31-20-25-7-6-24-5-4-12-29(24)25/h3,21,23-25H,1-2,4-20H2,(H,26,30). The molecule has 3 fully saturated rings. The Morgan fingerprint density at radius 3 is 2.71 bits per heavy atom. The summed E-state index contributed by atoms with van der Waals surface area (Å²) < 4.78 is 6.12. The Morgan fingerprint density at radius 2 is 1.94 bits per heavy atom. The molecule has 0 spiro atoms. The van der Waals surface area contributed by atoms with Crippen LogP contribution >= 0.6 is 0 Å². The summed E-state index contributed by atoms with van der Waals surface area (Å²) in [6.45, 7) is 17.7. The van der Waals surface area contributed by atoms with Gasteiger partial charge in [0.2, 0.25) is 6.41 Å². The second-order valence-electron chi connectivity index (χ2n) is 9.62. The molecule has 2 unspecified atom stereocenters. The Bertz CT molecular complexity index is 562. The zero-order valence-corrected chi connectivity index (χ0v) is 19.5. The molecule has 1 amide bonds. The first-order valence-corrected chi connectivity index (χ1v) is 12.4. The average molecular weight is 433 g/mol. The minimum Gasteiger partial charge on any atom is -0.378 e. The zero-order valence-electron chi connectivity index (χ0n) is 19.5. The van der Waals surface area contributed by atoms with Gasteiger partial charge in [0.1, 0.15) is 0 Å². The van der Waals surface area contributed by atoms with Crippen LogP contribution in [0.2, 0.25) is 0 Å². The Morgan fingerprint density at radius 1 is 1.10 bits per heavy atom. The molecule has 2 atom stereocenters. The molecule has 3 saturated heterocycles. The number of carbonyl (C=O) groups excluding carboxylic acids is 1. The molecule has 3 heterocycles. The van der Waals surface area contributed by atoms with Crippen molar-refractivity contribution in [3.05, 3.63) is 24.8 Å². The molecule has 0 radical (unpaired) electrons. The van der Waals surface area contributed by atoms with Gasteiger partial charge in [-0.1, -0.05) is 19.2 Å². The van der Waals surface area contributed by atoms with E-state index >= 15 is 0 Å². The number of hydrogen-bond acceptors (Lipinski definition) is 5. The van der Waals surface area contributed by atoms with Crippen molar-refractivity contribution in [2.45, 2.75) is 57.0 Å². The highest BCUT2D eigenvalue weighted by Gasteiger charge is 2.36. The number of nitrogens with one attached hydrogen (secondary N) is 1. The molecule has 1 N–H and O–H groups in total. The fourth-order valence-corrected chi connectivity index (χ4v) is 5.56. The number of likely N-dealkylation sites (tertiary alicyclic amines) is 1. The maximum absolute atomic E-state index is 10.6. The molecule has 0 aromatic rings. The number of rotatable bonds is 15. The number of piperidine rings is 1. The minimum atomic E-state index is 0.639. The molecule has 31 heavy (non-hydrogen) atoms. The van der Waals surface area contributed by atoms with E-state index in [9.17, 15) is 4.79 Å². The zero-order chi connectivity index (χ0) is 21.9. The van der Waals surface area contributed by atoms with Gasteiger partial charge in [-0.2, -0.15) is 0 Å². The van der Waals surface area contributed by atoms with Crippen LogP contribution in [0.25, 0.3) is 0 Å². The van der Waals surface area contributed by atoms with Gasteiger partial charge in [0.25, 0.3) is 0 Å². The lowest BCUT2D eigenvalue weighted by Gasteiger charge is -2.33. The number of carbonyl (C=O) groups is 1. The summed E-state index contributed by atoms with van der Waals surface area (Å²) in [5.74, 6) is 0.793. The number of hydrogen-bond donors (Lipinski definition) is 1. The lowest BCUT2D eigenvalue weighted by molar-refractivity contribution is -0.109. The predicted molar refractivity (Wildman–Crippen MR) is 127 cm³/mol. The Hall–Kier alpha value is -1.21. The van der Waals surface area contributed by atoms with Crippen molar-refractivity contribution in [3.8, 4) is 0 Å². The molecule has 0 aliphatic carbocycles. The molecule has 0 aromatic heterocycles. The van der Waals surface area contributed by atoms with E-state index in [0.717, 1.165) is 76.4 Å². The lowest BCUT2D eigenvalue weighted by atomic mass is 9.93. The Labute approximate surface area is 189 Å². The van der Waals surface area contributed by atoms with Gasteiger partial charge in [0, 0.05) is 38.3 Å². The van der Waals surface area contributed by atoms with Crippen molar-refractivity contribution < 1.29 is 9.53 Å². The predicted octanol–water partition coefficient (Wildman–Crippen LogP) is 2.52. The van der Waals surface area contributed by atoms with Crippen LogP contribution in [0, 0.1) is 5.92 Å². The van der Waals surface area contributed by atoms with Gasteiger partial charge in [0.15, 0.2) is 0 Å². The van der Waals surface area contributed by atoms with E-state index in [2.05, 4.69) is 33.2 Å². The smallest absolute Gasteiger partial charge is 0.207 e. The topological polar surface area (TPSA) is 48.1 Å². The van der Waals surface area contributed by atoms with Crippen LogP contribution in [0.1, 0.15) is 44.9 Å². The van der Waals surface area contributed by atoms with Crippen molar-refractivity contribution >= 4 is 6.41 Å². The van der Waals surface area contributed by atoms with Crippen molar-refractivity contribution in [1.29, 1.82) is 0 Å². The van der Waals surface area contributed by atoms with Crippen LogP contribution in [-0.2, 0) is 9.53 Å². The van der Waals surface area contributed by atoms with E-state index in [0.29, 0.717) is 12.6 Å². The van der Waals surface area contributed by atoms with Gasteiger partial charge in [-0.25, -0.2) is 0 Å². The molecule has 0 bridgehead atoms. The number of nitrogens with zero attached hydrogens (tertiary/aromatic N) is 3. The van der Waals surface area contributed by atoms with Gasteiger partial charge >= 0.3 is 0 Å². The van der Waals surface area contributed by atoms with Gasteiger partial charge in [-0.15, -0.1) is 0 Å². The monoisotopic (exact) mass is 432 g/mol. The van der Waals surface area contributed by atoms with Crippen molar-refractivity contribution in [3.63, 3.8) is 0 Å². The number of ether oxygens (including phenoxy) is 1. The number of amides is 1. The van der Waals surface area contributed by atoms with Gasteiger partial charge in [-0.05, 0) is 82.6 Å². The highest BCUT2D eigenvalue weighted by atomic mass is 16.5. The maximum Gasteiger partial charge on any atom is 0.207 e. The molecule has 0 saturated carbocycles. The molecular weight excluding hydrogens is 388 g/mol. The first-order chi connectivity index (χ1) is 15.2. The highest BCUT2D eigenvalue weighted by molar-refractivity contribution is 5.45. The quantitative estimate of drug-likeness (QED) is 0.245. The lowest BCUT2D eigenvalue weighted by Crippen LogP contribution is -2.39. The van der Waals surface area contributed by atoms with Gasteiger partial charge < -0.3 is 10.1 Å². The molecule has 3 rings (SSSR count). The van der Waals surface area contributed by atoms with Gasteiger partial charge in [-0.3, -0.25) is 19.5 Å². The van der Waals surface area contributed by atoms with E-state index < -0.39 is 0 Å². The second-order valence-corrected chi connectivity index (χ2v) is 9.62. The minimum absolute atomic E-state index is 0.639. The third-order valence-electron chi connectivity index (χ3n) is 7.52. The van der Waals surface area contributed by atoms with E-state index in [1.807, 2.05) is 6.08 Å². The molecule has 3 aliphatic rings. The van der Waals surface area contributed by atoms with Crippen LogP contribution in [-0.4, -0.2) is 98.8 Å². The molecule has 176 valence electrons. The maximum atomic E-state index is 10.6. The summed E-state index contributed by atoms with van der Waals surface area (Å²) in [5.41, 5.74) is 1.12. The summed E-state index contributed by atoms with van der Waals surface area (Å²) in [6, 6.07) is 1.47. The third kappa shape index (κ3) is 8.01. The first kappa shape index (κ1) is 24.4. The van der Waals surface area contributed by atoms with Gasteiger partial charge in [0.05, 0.1) is 13.2 Å². The Balaban J connectivity index is 1.32. The van der Waals surface area contributed by atoms with Crippen LogP contribution < -0.4 is 5.32 Å². The van der Waals surface area contributed by atoms with Crippen LogP contribution in [0.4, 0.5) is 0 Å². The van der Waals surface area contributed by atoms with Crippen LogP contribution in [0.5, 0.6) is 0 Å². The summed E-state index contributed by atoms with van der Waals surface area (Å²) in [4.78, 5) is 18.3. The fraction of sp³-hybridized carbons (Fsp3) is 0.800. The fourth-order valence-electron chi connectivity index (χ4n) is 5.56. The SMILES string of the molecule is C=CC(=C)CN1CCC(CCN(CCNC=O)CCOCC2CCC3CCCN32)CC1. The summed E-state index contributed by atoms with van der Waals surface area (Å²) in [6.07, 6.45) is 11.8. The Kier molecular flexibility index (Phi) is 10.5. The molecule has 3 aliphatic heterocycles. The normalized spacial score (nSPS) is 25.1. The van der Waals surface area contributed by atoms with E-state index in [1.54, 1.807) is 0 Å². The largest absolute Gasteiger partial charge is 0.378 e. The second kappa shape index (κ2) is 13.4. The van der Waals surface area contributed by atoms with Crippen molar-refractivity contribution in [2.75, 3.05) is 65.6 Å². The van der Waals surface area contributed by atoms with E-state index in [1.165, 1.54) is 51.5 Å². The van der Waals surface area contributed by atoms with Crippen molar-refractivity contribution in [1.82, 2.24) is 20.0 Å². The summed E-state index contributed by atoms with van der Waals surface area (Å²) >= 11 is 0. The highest BCUT2D eigenvalue weighted by Crippen LogP contribution is 2.32. The first-order valence-electron chi connectivity index (χ1n) is 12.4. The van der Waals surface area contributed by atoms with E-state index in [4.69, 9.17) is 4.74 Å². The summed E-state index contributed by atoms with van der Waals surface area (Å²) in [5, 5.41) is 2.81. The molecule has 0 aromatic carbocycles. The summed E-state index contributed by atoms with van der Waals surface area (Å²) in [7, 11) is 0. The molecular formula is C25H44N4O2. The average Bonchev–Trinajstić information content (AvgIpc) is 3.40.